The first kappa shape index (κ1) is 19.3. The lowest BCUT2D eigenvalue weighted by atomic mass is 10.1. The van der Waals surface area contributed by atoms with Gasteiger partial charge < -0.3 is 0 Å². The molecule has 0 N–H and O–H groups in total. The van der Waals surface area contributed by atoms with E-state index in [0.29, 0.717) is 19.4 Å². The summed E-state index contributed by atoms with van der Waals surface area (Å²) in [6.45, 7) is 4.61. The summed E-state index contributed by atoms with van der Waals surface area (Å²) in [6, 6.07) is 20.1. The maximum absolute atomic E-state index is 13.2. The molecule has 4 nitrogen and oxygen atoms in total. The first-order valence-corrected chi connectivity index (χ1v) is 10.5. The van der Waals surface area contributed by atoms with E-state index in [1.54, 1.807) is 22.4 Å². The second kappa shape index (κ2) is 8.53. The molecule has 146 valence electrons. The fraction of sp³-hybridized carbons (Fsp3) is 0.208. The molecule has 2 aromatic carbocycles. The maximum Gasteiger partial charge on any atom is 0.229 e. The van der Waals surface area contributed by atoms with E-state index in [9.17, 15) is 4.79 Å². The number of benzene rings is 2. The van der Waals surface area contributed by atoms with Crippen molar-refractivity contribution < 1.29 is 4.79 Å². The largest absolute Gasteiger partial charge is 0.282 e. The van der Waals surface area contributed by atoms with Crippen molar-refractivity contribution in [2.75, 3.05) is 4.90 Å². The van der Waals surface area contributed by atoms with E-state index in [1.807, 2.05) is 36.4 Å². The summed E-state index contributed by atoms with van der Waals surface area (Å²) in [5, 5.41) is 0.730. The summed E-state index contributed by atoms with van der Waals surface area (Å²) in [7, 11) is 0. The number of thiazole rings is 1. The van der Waals surface area contributed by atoms with Gasteiger partial charge in [0.1, 0.15) is 0 Å². The number of aromatic nitrogens is 2. The predicted octanol–water partition coefficient (Wildman–Crippen LogP) is 5.47. The molecular formula is C24H23N3OS. The number of anilines is 1. The van der Waals surface area contributed by atoms with Gasteiger partial charge in [0.15, 0.2) is 5.13 Å². The molecule has 0 bridgehead atoms. The van der Waals surface area contributed by atoms with Crippen LogP contribution in [0.2, 0.25) is 0 Å². The summed E-state index contributed by atoms with van der Waals surface area (Å²) in [4.78, 5) is 24.2. The smallest absolute Gasteiger partial charge is 0.229 e. The van der Waals surface area contributed by atoms with Gasteiger partial charge in [0.05, 0.1) is 22.5 Å². The van der Waals surface area contributed by atoms with Crippen LogP contribution in [0.4, 0.5) is 5.13 Å². The summed E-state index contributed by atoms with van der Waals surface area (Å²) in [6.07, 6.45) is 2.90. The second-order valence-corrected chi connectivity index (χ2v) is 8.20. The number of rotatable bonds is 6. The number of carbonyl (C=O) groups excluding carboxylic acids is 1. The fourth-order valence-electron chi connectivity index (χ4n) is 3.23. The Hall–Kier alpha value is -3.05. The highest BCUT2D eigenvalue weighted by molar-refractivity contribution is 7.22. The Balaban J connectivity index is 1.63. The third kappa shape index (κ3) is 4.51. The van der Waals surface area contributed by atoms with Crippen LogP contribution in [0.25, 0.3) is 10.2 Å². The zero-order valence-corrected chi connectivity index (χ0v) is 17.4. The summed E-state index contributed by atoms with van der Waals surface area (Å²) in [5.74, 6) is 0.0620. The summed E-state index contributed by atoms with van der Waals surface area (Å²) < 4.78 is 1.10. The van der Waals surface area contributed by atoms with Crippen LogP contribution >= 0.6 is 11.3 Å². The second-order valence-electron chi connectivity index (χ2n) is 7.19. The lowest BCUT2D eigenvalue weighted by molar-refractivity contribution is -0.118. The number of hydrogen-bond donors (Lipinski definition) is 0. The Bertz CT molecular complexity index is 1080. The Kier molecular flexibility index (Phi) is 5.67. The number of pyridine rings is 1. The number of amides is 1. The van der Waals surface area contributed by atoms with Crippen LogP contribution < -0.4 is 4.90 Å². The van der Waals surface area contributed by atoms with Crippen molar-refractivity contribution in [1.82, 2.24) is 9.97 Å². The third-order valence-corrected chi connectivity index (χ3v) is 6.08. The molecule has 0 radical (unpaired) electrons. The van der Waals surface area contributed by atoms with E-state index >= 15 is 0 Å². The van der Waals surface area contributed by atoms with E-state index in [2.05, 4.69) is 43.1 Å². The quantitative estimate of drug-likeness (QED) is 0.430. The van der Waals surface area contributed by atoms with Gasteiger partial charge in [-0.05, 0) is 61.2 Å². The van der Waals surface area contributed by atoms with Crippen LogP contribution in [-0.2, 0) is 17.8 Å². The molecular weight excluding hydrogens is 378 g/mol. The zero-order valence-electron chi connectivity index (χ0n) is 16.6. The first-order valence-electron chi connectivity index (χ1n) is 9.72. The number of aryl methyl sites for hydroxylation is 3. The summed E-state index contributed by atoms with van der Waals surface area (Å²) >= 11 is 1.56. The molecule has 1 amide bonds. The van der Waals surface area contributed by atoms with Gasteiger partial charge in [-0.25, -0.2) is 4.98 Å². The third-order valence-electron chi connectivity index (χ3n) is 5.04. The van der Waals surface area contributed by atoms with Crippen molar-refractivity contribution in [3.8, 4) is 0 Å². The number of carbonyl (C=O) groups is 1. The zero-order chi connectivity index (χ0) is 20.2. The van der Waals surface area contributed by atoms with Crippen LogP contribution in [0, 0.1) is 13.8 Å². The molecule has 0 atom stereocenters. The molecule has 0 fully saturated rings. The lowest BCUT2D eigenvalue weighted by Gasteiger charge is -2.19. The molecule has 2 heterocycles. The van der Waals surface area contributed by atoms with Gasteiger partial charge in [-0.3, -0.25) is 14.7 Å². The molecule has 29 heavy (non-hydrogen) atoms. The van der Waals surface area contributed by atoms with Crippen molar-refractivity contribution in [2.24, 2.45) is 0 Å². The van der Waals surface area contributed by atoms with E-state index in [4.69, 9.17) is 4.98 Å². The Morgan fingerprint density at radius 1 is 1.00 bits per heavy atom. The van der Waals surface area contributed by atoms with Crippen molar-refractivity contribution in [2.45, 2.75) is 33.2 Å². The van der Waals surface area contributed by atoms with Gasteiger partial charge >= 0.3 is 0 Å². The number of fused-ring (bicyclic) bond motifs is 1. The minimum atomic E-state index is 0.0620. The van der Waals surface area contributed by atoms with E-state index < -0.39 is 0 Å². The Morgan fingerprint density at radius 3 is 2.52 bits per heavy atom. The van der Waals surface area contributed by atoms with Gasteiger partial charge in [-0.2, -0.15) is 0 Å². The highest BCUT2D eigenvalue weighted by atomic mass is 32.1. The standard InChI is InChI=1S/C24H23N3OS/c1-17-14-21-22(15-18(17)2)29-24(26-21)27(16-20-10-6-7-13-25-20)23(28)12-11-19-8-4-3-5-9-19/h3-10,13-15H,11-12,16H2,1-2H3. The van der Waals surface area contributed by atoms with Gasteiger partial charge in [-0.1, -0.05) is 47.7 Å². The number of nitrogens with zero attached hydrogens (tertiary/aromatic N) is 3. The SMILES string of the molecule is Cc1cc2nc(N(Cc3ccccn3)C(=O)CCc3ccccc3)sc2cc1C. The molecule has 4 aromatic rings. The van der Waals surface area contributed by atoms with E-state index in [-0.39, 0.29) is 5.91 Å². The highest BCUT2D eigenvalue weighted by Crippen LogP contribution is 2.32. The predicted molar refractivity (Wildman–Crippen MR) is 119 cm³/mol. The highest BCUT2D eigenvalue weighted by Gasteiger charge is 2.21. The molecule has 0 unspecified atom stereocenters. The van der Waals surface area contributed by atoms with Crippen molar-refractivity contribution >= 4 is 32.6 Å². The molecule has 0 aliphatic carbocycles. The number of hydrogen-bond acceptors (Lipinski definition) is 4. The first-order chi connectivity index (χ1) is 14.1. The molecule has 4 rings (SSSR count). The lowest BCUT2D eigenvalue weighted by Crippen LogP contribution is -2.30. The molecule has 2 aromatic heterocycles. The molecule has 0 aliphatic rings. The summed E-state index contributed by atoms with van der Waals surface area (Å²) in [5.41, 5.74) is 5.40. The van der Waals surface area contributed by atoms with E-state index in [0.717, 1.165) is 26.6 Å². The minimum absolute atomic E-state index is 0.0620. The van der Waals surface area contributed by atoms with Crippen molar-refractivity contribution in [1.29, 1.82) is 0 Å². The van der Waals surface area contributed by atoms with Gasteiger partial charge in [-0.15, -0.1) is 0 Å². The van der Waals surface area contributed by atoms with E-state index in [1.165, 1.54) is 11.1 Å². The van der Waals surface area contributed by atoms with Gasteiger partial charge in [0, 0.05) is 12.6 Å². The van der Waals surface area contributed by atoms with Crippen molar-refractivity contribution in [3.63, 3.8) is 0 Å². The molecule has 0 saturated heterocycles. The van der Waals surface area contributed by atoms with Crippen LogP contribution in [0.5, 0.6) is 0 Å². The van der Waals surface area contributed by atoms with Gasteiger partial charge in [0.25, 0.3) is 0 Å². The normalized spacial score (nSPS) is 11.0. The van der Waals surface area contributed by atoms with Crippen LogP contribution in [0.3, 0.4) is 0 Å². The van der Waals surface area contributed by atoms with Gasteiger partial charge in [0.2, 0.25) is 5.91 Å². The topological polar surface area (TPSA) is 46.1 Å². The maximum atomic E-state index is 13.2. The average molecular weight is 402 g/mol. The van der Waals surface area contributed by atoms with Crippen LogP contribution in [0.15, 0.2) is 66.9 Å². The van der Waals surface area contributed by atoms with Crippen LogP contribution in [-0.4, -0.2) is 15.9 Å². The Labute approximate surface area is 174 Å². The fourth-order valence-corrected chi connectivity index (χ4v) is 4.29. The van der Waals surface area contributed by atoms with Crippen LogP contribution in [0.1, 0.15) is 28.8 Å². The minimum Gasteiger partial charge on any atom is -0.282 e. The Morgan fingerprint density at radius 2 is 1.76 bits per heavy atom. The van der Waals surface area contributed by atoms with Crippen molar-refractivity contribution in [3.05, 3.63) is 89.2 Å². The molecule has 0 saturated carbocycles. The molecule has 0 spiro atoms. The molecule has 5 heteroatoms. The molecule has 0 aliphatic heterocycles. The average Bonchev–Trinajstić information content (AvgIpc) is 3.14. The monoisotopic (exact) mass is 401 g/mol.